The van der Waals surface area contributed by atoms with Crippen molar-refractivity contribution in [3.05, 3.63) is 59.9 Å². The van der Waals surface area contributed by atoms with Crippen molar-refractivity contribution in [1.29, 1.82) is 0 Å². The molecule has 1 N–H and O–H groups in total. The van der Waals surface area contributed by atoms with E-state index in [1.807, 2.05) is 25.2 Å². The summed E-state index contributed by atoms with van der Waals surface area (Å²) >= 11 is 0. The molecule has 2 aromatic carbocycles. The minimum atomic E-state index is -0.232. The van der Waals surface area contributed by atoms with Crippen LogP contribution in [0.1, 0.15) is 24.9 Å². The van der Waals surface area contributed by atoms with E-state index in [9.17, 15) is 9.50 Å². The first-order valence-corrected chi connectivity index (χ1v) is 6.39. The minimum absolute atomic E-state index is 0.155. The van der Waals surface area contributed by atoms with Crippen LogP contribution in [0.25, 0.3) is 0 Å². The number of nitrogens with zero attached hydrogens (tertiary/aromatic N) is 1. The third-order valence-corrected chi connectivity index (χ3v) is 3.35. The molecule has 19 heavy (non-hydrogen) atoms. The van der Waals surface area contributed by atoms with Crippen LogP contribution in [0.4, 0.5) is 10.1 Å². The SMILES string of the molecule is CCC(c1ccc(O)cc1)N(C)c1cccc(F)c1. The Morgan fingerprint density at radius 1 is 1.16 bits per heavy atom. The molecule has 0 bridgehead atoms. The first-order valence-electron chi connectivity index (χ1n) is 6.39. The van der Waals surface area contributed by atoms with Gasteiger partial charge in [-0.05, 0) is 42.3 Å². The number of hydrogen-bond donors (Lipinski definition) is 1. The average molecular weight is 259 g/mol. The van der Waals surface area contributed by atoms with E-state index in [-0.39, 0.29) is 17.6 Å². The van der Waals surface area contributed by atoms with Gasteiger partial charge in [0.1, 0.15) is 11.6 Å². The van der Waals surface area contributed by atoms with Crippen LogP contribution in [0.2, 0.25) is 0 Å². The first kappa shape index (κ1) is 13.4. The van der Waals surface area contributed by atoms with E-state index >= 15 is 0 Å². The molecule has 1 atom stereocenters. The zero-order chi connectivity index (χ0) is 13.8. The zero-order valence-electron chi connectivity index (χ0n) is 11.2. The Morgan fingerprint density at radius 2 is 1.84 bits per heavy atom. The summed E-state index contributed by atoms with van der Waals surface area (Å²) in [5.74, 6) is 0.0249. The van der Waals surface area contributed by atoms with Gasteiger partial charge in [-0.2, -0.15) is 0 Å². The lowest BCUT2D eigenvalue weighted by atomic mass is 10.0. The number of halogens is 1. The Hall–Kier alpha value is -2.03. The maximum atomic E-state index is 13.3. The Kier molecular flexibility index (Phi) is 4.05. The normalized spacial score (nSPS) is 12.2. The highest BCUT2D eigenvalue weighted by Gasteiger charge is 2.15. The highest BCUT2D eigenvalue weighted by atomic mass is 19.1. The van der Waals surface area contributed by atoms with Crippen molar-refractivity contribution in [3.63, 3.8) is 0 Å². The van der Waals surface area contributed by atoms with Crippen molar-refractivity contribution in [2.75, 3.05) is 11.9 Å². The number of rotatable bonds is 4. The molecular formula is C16H18FNO. The summed E-state index contributed by atoms with van der Waals surface area (Å²) in [4.78, 5) is 2.05. The molecule has 100 valence electrons. The van der Waals surface area contributed by atoms with Gasteiger partial charge < -0.3 is 10.0 Å². The Morgan fingerprint density at radius 3 is 2.42 bits per heavy atom. The maximum Gasteiger partial charge on any atom is 0.125 e. The number of aromatic hydroxyl groups is 1. The number of benzene rings is 2. The Labute approximate surface area is 113 Å². The van der Waals surface area contributed by atoms with Crippen LogP contribution >= 0.6 is 0 Å². The molecule has 2 aromatic rings. The molecule has 0 aliphatic carbocycles. The Balaban J connectivity index is 2.28. The predicted octanol–water partition coefficient (Wildman–Crippen LogP) is 4.12. The van der Waals surface area contributed by atoms with Gasteiger partial charge in [-0.3, -0.25) is 0 Å². The molecule has 0 amide bonds. The summed E-state index contributed by atoms with van der Waals surface area (Å²) in [6.45, 7) is 2.09. The summed E-state index contributed by atoms with van der Waals surface area (Å²) in [5, 5.41) is 9.34. The van der Waals surface area contributed by atoms with E-state index in [1.165, 1.54) is 12.1 Å². The molecule has 0 fully saturated rings. The maximum absolute atomic E-state index is 13.3. The van der Waals surface area contributed by atoms with Gasteiger partial charge in [-0.25, -0.2) is 4.39 Å². The van der Waals surface area contributed by atoms with Crippen molar-refractivity contribution in [2.45, 2.75) is 19.4 Å². The third kappa shape index (κ3) is 3.05. The number of phenolic OH excluding ortho intramolecular Hbond substituents is 1. The lowest BCUT2D eigenvalue weighted by Gasteiger charge is -2.29. The van der Waals surface area contributed by atoms with Gasteiger partial charge in [0.05, 0.1) is 6.04 Å². The molecule has 0 aliphatic rings. The quantitative estimate of drug-likeness (QED) is 0.892. The van der Waals surface area contributed by atoms with Crippen molar-refractivity contribution in [2.24, 2.45) is 0 Å². The monoisotopic (exact) mass is 259 g/mol. The summed E-state index contributed by atoms with van der Waals surface area (Å²) in [6, 6.07) is 13.9. The van der Waals surface area contributed by atoms with Gasteiger partial charge in [-0.1, -0.05) is 25.1 Å². The molecular weight excluding hydrogens is 241 g/mol. The van der Waals surface area contributed by atoms with E-state index in [1.54, 1.807) is 18.2 Å². The van der Waals surface area contributed by atoms with Crippen LogP contribution in [0.15, 0.2) is 48.5 Å². The second kappa shape index (κ2) is 5.74. The fraction of sp³-hybridized carbons (Fsp3) is 0.250. The second-order valence-corrected chi connectivity index (χ2v) is 4.61. The molecule has 0 saturated carbocycles. The minimum Gasteiger partial charge on any atom is -0.508 e. The van der Waals surface area contributed by atoms with Gasteiger partial charge in [-0.15, -0.1) is 0 Å². The smallest absolute Gasteiger partial charge is 0.125 e. The first-order chi connectivity index (χ1) is 9.11. The summed E-state index contributed by atoms with van der Waals surface area (Å²) in [6.07, 6.45) is 0.901. The number of anilines is 1. The summed E-state index contributed by atoms with van der Waals surface area (Å²) in [7, 11) is 1.95. The van der Waals surface area contributed by atoms with Crippen LogP contribution in [0.3, 0.4) is 0 Å². The molecule has 0 aliphatic heterocycles. The van der Waals surface area contributed by atoms with Crippen LogP contribution in [-0.4, -0.2) is 12.2 Å². The average Bonchev–Trinajstić information content (AvgIpc) is 2.41. The van der Waals surface area contributed by atoms with E-state index < -0.39 is 0 Å². The largest absolute Gasteiger partial charge is 0.508 e. The molecule has 2 rings (SSSR count). The fourth-order valence-electron chi connectivity index (χ4n) is 2.31. The fourth-order valence-corrected chi connectivity index (χ4v) is 2.31. The molecule has 0 saturated heterocycles. The van der Waals surface area contributed by atoms with Crippen LogP contribution in [0, 0.1) is 5.82 Å². The molecule has 0 heterocycles. The standard InChI is InChI=1S/C16H18FNO/c1-3-16(12-7-9-15(19)10-8-12)18(2)14-6-4-5-13(17)11-14/h4-11,16,19H,3H2,1-2H3. The molecule has 0 radical (unpaired) electrons. The lowest BCUT2D eigenvalue weighted by Crippen LogP contribution is -2.23. The van der Waals surface area contributed by atoms with Crippen molar-refractivity contribution < 1.29 is 9.50 Å². The third-order valence-electron chi connectivity index (χ3n) is 3.35. The Bertz CT molecular complexity index is 539. The molecule has 3 heteroatoms. The highest BCUT2D eigenvalue weighted by molar-refractivity contribution is 5.48. The number of phenols is 1. The lowest BCUT2D eigenvalue weighted by molar-refractivity contribution is 0.474. The molecule has 2 nitrogen and oxygen atoms in total. The van der Waals surface area contributed by atoms with Crippen molar-refractivity contribution in [3.8, 4) is 5.75 Å². The van der Waals surface area contributed by atoms with E-state index in [0.717, 1.165) is 17.7 Å². The van der Waals surface area contributed by atoms with Gasteiger partial charge in [0, 0.05) is 12.7 Å². The van der Waals surface area contributed by atoms with Crippen LogP contribution in [0.5, 0.6) is 5.75 Å². The molecule has 0 aromatic heterocycles. The van der Waals surface area contributed by atoms with E-state index in [0.29, 0.717) is 0 Å². The van der Waals surface area contributed by atoms with Gasteiger partial charge >= 0.3 is 0 Å². The van der Waals surface area contributed by atoms with E-state index in [4.69, 9.17) is 0 Å². The summed E-state index contributed by atoms with van der Waals surface area (Å²) in [5.41, 5.74) is 1.95. The topological polar surface area (TPSA) is 23.5 Å². The van der Waals surface area contributed by atoms with Crippen LogP contribution < -0.4 is 4.90 Å². The predicted molar refractivity (Wildman–Crippen MR) is 75.9 cm³/mol. The van der Waals surface area contributed by atoms with Gasteiger partial charge in [0.25, 0.3) is 0 Å². The highest BCUT2D eigenvalue weighted by Crippen LogP contribution is 2.29. The van der Waals surface area contributed by atoms with Gasteiger partial charge in [0.2, 0.25) is 0 Å². The second-order valence-electron chi connectivity index (χ2n) is 4.61. The van der Waals surface area contributed by atoms with Crippen LogP contribution in [-0.2, 0) is 0 Å². The number of hydrogen-bond acceptors (Lipinski definition) is 2. The van der Waals surface area contributed by atoms with Crippen molar-refractivity contribution >= 4 is 5.69 Å². The molecule has 0 spiro atoms. The molecule has 1 unspecified atom stereocenters. The zero-order valence-corrected chi connectivity index (χ0v) is 11.2. The van der Waals surface area contributed by atoms with Crippen molar-refractivity contribution in [1.82, 2.24) is 0 Å². The van der Waals surface area contributed by atoms with Gasteiger partial charge in [0.15, 0.2) is 0 Å². The summed E-state index contributed by atoms with van der Waals surface area (Å²) < 4.78 is 13.3. The van der Waals surface area contributed by atoms with E-state index in [2.05, 4.69) is 11.8 Å².